The highest BCUT2D eigenvalue weighted by molar-refractivity contribution is 7.61. The van der Waals surface area contributed by atoms with E-state index in [-0.39, 0.29) is 6.29 Å². The Hall–Kier alpha value is -1.67. The molecular formula is C15H25N3O16P2. The van der Waals surface area contributed by atoms with Crippen LogP contribution in [0.4, 0.5) is 0 Å². The number of hydrogen-bond donors (Lipinski definition) is 9. The van der Waals surface area contributed by atoms with Gasteiger partial charge in [0.15, 0.2) is 6.23 Å². The predicted molar refractivity (Wildman–Crippen MR) is 112 cm³/mol. The Balaban J connectivity index is 2.27. The summed E-state index contributed by atoms with van der Waals surface area (Å²) in [5.41, 5.74) is 3.62. The van der Waals surface area contributed by atoms with Crippen LogP contribution in [0.3, 0.4) is 0 Å². The number of aromatic amines is 1. The van der Waals surface area contributed by atoms with E-state index >= 15 is 0 Å². The van der Waals surface area contributed by atoms with Crippen molar-refractivity contribution >= 4 is 21.9 Å². The molecule has 1 aromatic heterocycles. The maximum absolute atomic E-state index is 13.0. The van der Waals surface area contributed by atoms with E-state index < -0.39 is 89.0 Å². The van der Waals surface area contributed by atoms with Gasteiger partial charge in [0, 0.05) is 12.3 Å². The third-order valence-electron chi connectivity index (χ3n) is 4.77. The van der Waals surface area contributed by atoms with Gasteiger partial charge in [-0.15, -0.1) is 0 Å². The van der Waals surface area contributed by atoms with E-state index in [2.05, 4.69) is 4.31 Å². The minimum absolute atomic E-state index is 0.0491. The molecule has 0 aromatic carbocycles. The molecule has 0 aliphatic carbocycles. The van der Waals surface area contributed by atoms with Crippen LogP contribution in [0.5, 0.6) is 0 Å². The van der Waals surface area contributed by atoms with Crippen LogP contribution in [0.15, 0.2) is 21.9 Å². The van der Waals surface area contributed by atoms with Gasteiger partial charge in [-0.3, -0.25) is 23.4 Å². The van der Waals surface area contributed by atoms with Crippen LogP contribution < -0.4 is 17.0 Å². The Morgan fingerprint density at radius 2 is 1.86 bits per heavy atom. The van der Waals surface area contributed by atoms with Gasteiger partial charge in [-0.05, 0) is 0 Å². The number of carbonyl (C=O) groups is 1. The average molecular weight is 565 g/mol. The van der Waals surface area contributed by atoms with Gasteiger partial charge in [0.2, 0.25) is 0 Å². The number of carbonyl (C=O) groups excluding carboxylic acids is 1. The van der Waals surface area contributed by atoms with E-state index in [1.807, 2.05) is 4.98 Å². The van der Waals surface area contributed by atoms with E-state index in [9.17, 15) is 43.9 Å². The molecule has 0 amide bonds. The van der Waals surface area contributed by atoms with Crippen LogP contribution in [0.1, 0.15) is 6.23 Å². The number of ether oxygens (including phenoxy) is 1. The fourth-order valence-electron chi connectivity index (χ4n) is 3.01. The maximum Gasteiger partial charge on any atom is 0.484 e. The van der Waals surface area contributed by atoms with Crippen molar-refractivity contribution in [2.24, 2.45) is 5.73 Å². The Morgan fingerprint density at radius 1 is 1.22 bits per heavy atom. The number of rotatable bonds is 13. The van der Waals surface area contributed by atoms with E-state index in [4.69, 9.17) is 34.4 Å². The van der Waals surface area contributed by atoms with E-state index in [0.717, 1.165) is 12.3 Å². The second kappa shape index (κ2) is 12.2. The second-order valence-electron chi connectivity index (χ2n) is 7.40. The van der Waals surface area contributed by atoms with Crippen LogP contribution in [-0.2, 0) is 32.0 Å². The molecule has 19 nitrogen and oxygen atoms in total. The van der Waals surface area contributed by atoms with Crippen LogP contribution in [-0.4, -0.2) is 107 Å². The van der Waals surface area contributed by atoms with E-state index in [1.54, 1.807) is 0 Å². The van der Waals surface area contributed by atoms with Crippen LogP contribution in [0.25, 0.3) is 0 Å². The molecule has 1 unspecified atom stereocenters. The summed E-state index contributed by atoms with van der Waals surface area (Å²) in [5.74, 6) is 0. The molecule has 10 N–H and O–H groups in total. The molecule has 206 valence electrons. The molecule has 1 aliphatic rings. The van der Waals surface area contributed by atoms with Crippen molar-refractivity contribution in [1.82, 2.24) is 9.55 Å². The largest absolute Gasteiger partial charge is 0.484 e. The third kappa shape index (κ3) is 7.67. The molecule has 9 atom stereocenters. The molecule has 21 heteroatoms. The minimum atomic E-state index is -5.67. The standard InChI is InChI=1S/C15H25N3O16P2/c16-6(3-19)13(10(23)7(21)4-20)33-36(30,34-35(27,28)29)31-5-8-11(24)12(25)14(32-8)18-2-1-9(22)17-15(18)26/h1-3,6-8,10-14,20-21,23-25H,4-5,16H2,(H,17,22,26)(H2,27,28,29)/t6-,7+,8+,10+,11+,12+,13+,14+,36?/m0/s1. The van der Waals surface area contributed by atoms with Gasteiger partial charge in [0.05, 0.1) is 19.3 Å². The SMILES string of the molecule is N[C@@H](C=O)[C@@H](OP(=O)(OC[C@H]1O[C@@H](n2ccc(=O)[nH]c2=O)[C@H](O)[C@@H]1O)OP(=O)(O)O)[C@H](O)[C@H](O)CO. The Bertz CT molecular complexity index is 1100. The number of nitrogens with zero attached hydrogens (tertiary/aromatic N) is 1. The lowest BCUT2D eigenvalue weighted by Crippen LogP contribution is -2.51. The van der Waals surface area contributed by atoms with E-state index in [0.29, 0.717) is 4.57 Å². The number of phosphoric acid groups is 2. The number of aliphatic hydroxyl groups excluding tert-OH is 5. The van der Waals surface area contributed by atoms with Crippen LogP contribution in [0, 0.1) is 0 Å². The fourth-order valence-corrected chi connectivity index (χ4v) is 5.34. The number of hydrogen-bond acceptors (Lipinski definition) is 15. The molecule has 1 aliphatic heterocycles. The normalized spacial score (nSPS) is 27.7. The van der Waals surface area contributed by atoms with Crippen LogP contribution in [0.2, 0.25) is 0 Å². The third-order valence-corrected chi connectivity index (χ3v) is 7.39. The highest BCUT2D eigenvalue weighted by Crippen LogP contribution is 2.62. The molecule has 2 heterocycles. The topological polar surface area (TPSA) is 311 Å². The summed E-state index contributed by atoms with van der Waals surface area (Å²) in [5, 5.41) is 49.1. The van der Waals surface area contributed by atoms with Gasteiger partial charge >= 0.3 is 21.3 Å². The van der Waals surface area contributed by atoms with Crippen LogP contribution >= 0.6 is 15.6 Å². The minimum Gasteiger partial charge on any atom is -0.394 e. The number of nitrogens with two attached hydrogens (primary N) is 1. The number of aldehydes is 1. The molecule has 0 spiro atoms. The van der Waals surface area contributed by atoms with Crippen molar-refractivity contribution in [2.45, 2.75) is 48.9 Å². The molecule has 1 saturated heterocycles. The van der Waals surface area contributed by atoms with Gasteiger partial charge in [-0.25, -0.2) is 13.9 Å². The van der Waals surface area contributed by atoms with Gasteiger partial charge in [-0.1, -0.05) is 0 Å². The highest BCUT2D eigenvalue weighted by Gasteiger charge is 2.48. The number of H-pyrrole nitrogens is 1. The molecule has 2 rings (SSSR count). The average Bonchev–Trinajstić information content (AvgIpc) is 3.07. The lowest BCUT2D eigenvalue weighted by Gasteiger charge is -2.31. The summed E-state index contributed by atoms with van der Waals surface area (Å²) in [6, 6.07) is -0.975. The molecule has 1 aromatic rings. The second-order valence-corrected chi connectivity index (χ2v) is 10.4. The van der Waals surface area contributed by atoms with Crippen molar-refractivity contribution in [2.75, 3.05) is 13.2 Å². The van der Waals surface area contributed by atoms with Gasteiger partial charge in [0.25, 0.3) is 5.56 Å². The molecule has 1 fully saturated rings. The first kappa shape index (κ1) is 30.6. The quantitative estimate of drug-likeness (QED) is 0.0798. The van der Waals surface area contributed by atoms with Crippen molar-refractivity contribution in [3.63, 3.8) is 0 Å². The highest BCUT2D eigenvalue weighted by atomic mass is 31.3. The monoisotopic (exact) mass is 565 g/mol. The van der Waals surface area contributed by atoms with Crippen molar-refractivity contribution in [1.29, 1.82) is 0 Å². The molecular weight excluding hydrogens is 540 g/mol. The van der Waals surface area contributed by atoms with Crippen molar-refractivity contribution in [3.05, 3.63) is 33.1 Å². The lowest BCUT2D eigenvalue weighted by atomic mass is 10.0. The predicted octanol–water partition coefficient (Wildman–Crippen LogP) is -4.98. The molecule has 0 saturated carbocycles. The first-order chi connectivity index (χ1) is 16.6. The fraction of sp³-hybridized carbons (Fsp3) is 0.667. The zero-order valence-electron chi connectivity index (χ0n) is 18.0. The molecule has 0 bridgehead atoms. The summed E-state index contributed by atoms with van der Waals surface area (Å²) in [6.07, 6.45) is -12.5. The first-order valence-corrected chi connectivity index (χ1v) is 12.8. The molecule has 0 radical (unpaired) electrons. The zero-order chi connectivity index (χ0) is 27.4. The summed E-state index contributed by atoms with van der Waals surface area (Å²) in [7, 11) is -11.2. The number of aromatic nitrogens is 2. The van der Waals surface area contributed by atoms with Crippen molar-refractivity contribution < 1.29 is 67.3 Å². The summed E-state index contributed by atoms with van der Waals surface area (Å²) < 4.78 is 43.9. The van der Waals surface area contributed by atoms with E-state index in [1.165, 1.54) is 0 Å². The summed E-state index contributed by atoms with van der Waals surface area (Å²) in [4.78, 5) is 54.3. The zero-order valence-corrected chi connectivity index (χ0v) is 19.8. The Morgan fingerprint density at radius 3 is 2.39 bits per heavy atom. The molecule has 36 heavy (non-hydrogen) atoms. The summed E-state index contributed by atoms with van der Waals surface area (Å²) >= 11 is 0. The lowest BCUT2D eigenvalue weighted by molar-refractivity contribution is -0.118. The number of nitrogens with one attached hydrogen (secondary N) is 1. The number of aliphatic hydroxyl groups is 5. The summed E-state index contributed by atoms with van der Waals surface area (Å²) in [6.45, 7) is -2.19. The smallest absolute Gasteiger partial charge is 0.394 e. The Labute approximate surface area is 200 Å². The van der Waals surface area contributed by atoms with Gasteiger partial charge in [-0.2, -0.15) is 4.31 Å². The van der Waals surface area contributed by atoms with Gasteiger partial charge in [0.1, 0.15) is 42.9 Å². The maximum atomic E-state index is 13.0. The van der Waals surface area contributed by atoms with Crippen molar-refractivity contribution in [3.8, 4) is 0 Å². The Kier molecular flexibility index (Phi) is 10.4. The number of phosphoric ester groups is 1. The first-order valence-electron chi connectivity index (χ1n) is 9.83. The van der Waals surface area contributed by atoms with Gasteiger partial charge < -0.3 is 50.6 Å².